The van der Waals surface area contributed by atoms with Crippen molar-refractivity contribution in [2.24, 2.45) is 0 Å². The highest BCUT2D eigenvalue weighted by Gasteiger charge is 2.33. The molecule has 6 heteroatoms. The van der Waals surface area contributed by atoms with Crippen molar-refractivity contribution in [2.75, 3.05) is 19.5 Å². The van der Waals surface area contributed by atoms with Crippen LogP contribution in [0.25, 0.3) is 0 Å². The lowest BCUT2D eigenvalue weighted by Gasteiger charge is -2.31. The van der Waals surface area contributed by atoms with Crippen molar-refractivity contribution in [3.8, 4) is 0 Å². The molecule has 4 nitrogen and oxygen atoms in total. The molecule has 0 radical (unpaired) electrons. The van der Waals surface area contributed by atoms with Gasteiger partial charge in [-0.1, -0.05) is 11.8 Å². The number of nitrogens with zero attached hydrogens (tertiary/aromatic N) is 2. The lowest BCUT2D eigenvalue weighted by molar-refractivity contribution is -0.0710. The van der Waals surface area contributed by atoms with Gasteiger partial charge in [0.1, 0.15) is 10.2 Å². The molecule has 0 unspecified atom stereocenters. The number of thioether (sulfide) groups is 1. The number of aliphatic hydroxyl groups is 1. The van der Waals surface area contributed by atoms with Gasteiger partial charge in [-0.3, -0.25) is 0 Å². The molecule has 1 aliphatic heterocycles. The summed E-state index contributed by atoms with van der Waals surface area (Å²) >= 11 is 4.80. The monoisotopic (exact) mass is 304 g/mol. The van der Waals surface area contributed by atoms with Crippen molar-refractivity contribution < 1.29 is 9.84 Å². The Morgan fingerprint density at radius 1 is 1.44 bits per heavy atom. The molecule has 0 saturated carbocycles. The van der Waals surface area contributed by atoms with Crippen LogP contribution in [0.4, 0.5) is 0 Å². The van der Waals surface area contributed by atoms with Crippen LogP contribution in [0.15, 0.2) is 15.8 Å². The summed E-state index contributed by atoms with van der Waals surface area (Å²) in [5.41, 5.74) is -0.184. The number of ether oxygens (including phenoxy) is 1. The van der Waals surface area contributed by atoms with E-state index in [2.05, 4.69) is 25.9 Å². The minimum absolute atomic E-state index is 0.576. The van der Waals surface area contributed by atoms with Gasteiger partial charge in [0.05, 0.1) is 5.69 Å². The fourth-order valence-corrected chi connectivity index (χ4v) is 2.57. The zero-order chi connectivity index (χ0) is 11.6. The summed E-state index contributed by atoms with van der Waals surface area (Å²) in [6.07, 6.45) is 3.09. The van der Waals surface area contributed by atoms with E-state index in [1.165, 1.54) is 11.8 Å². The number of hydrogen-bond acceptors (Lipinski definition) is 5. The molecule has 1 aromatic rings. The third-order valence-corrected chi connectivity index (χ3v) is 3.61. The van der Waals surface area contributed by atoms with E-state index in [9.17, 15) is 5.11 Å². The summed E-state index contributed by atoms with van der Waals surface area (Å²) in [4.78, 5) is 8.57. The maximum Gasteiger partial charge on any atom is 0.188 e. The molecule has 88 valence electrons. The topological polar surface area (TPSA) is 55.2 Å². The molecule has 2 rings (SSSR count). The van der Waals surface area contributed by atoms with Gasteiger partial charge in [-0.15, -0.1) is 0 Å². The average Bonchev–Trinajstić information content (AvgIpc) is 2.29. The maximum absolute atomic E-state index is 10.5. The number of halogens is 1. The number of rotatable bonds is 2. The summed E-state index contributed by atoms with van der Waals surface area (Å²) in [6.45, 7) is 1.15. The first-order valence-corrected chi connectivity index (χ1v) is 7.05. The van der Waals surface area contributed by atoms with E-state index in [0.29, 0.717) is 41.5 Å². The van der Waals surface area contributed by atoms with Gasteiger partial charge in [-0.2, -0.15) is 0 Å². The summed E-state index contributed by atoms with van der Waals surface area (Å²) in [5, 5.41) is 11.2. The summed E-state index contributed by atoms with van der Waals surface area (Å²) in [5.74, 6) is 0. The van der Waals surface area contributed by atoms with E-state index in [-0.39, 0.29) is 0 Å². The van der Waals surface area contributed by atoms with Crippen LogP contribution in [0.5, 0.6) is 0 Å². The van der Waals surface area contributed by atoms with E-state index in [1.807, 2.05) is 6.26 Å². The smallest absolute Gasteiger partial charge is 0.188 e. The Labute approximate surface area is 107 Å². The van der Waals surface area contributed by atoms with Crippen molar-refractivity contribution in [3.05, 3.63) is 16.4 Å². The second-order valence-electron chi connectivity index (χ2n) is 3.71. The van der Waals surface area contributed by atoms with Crippen LogP contribution < -0.4 is 0 Å². The van der Waals surface area contributed by atoms with Crippen molar-refractivity contribution >= 4 is 27.7 Å². The van der Waals surface area contributed by atoms with Gasteiger partial charge in [0.2, 0.25) is 0 Å². The first-order valence-electron chi connectivity index (χ1n) is 5.03. The molecule has 0 aliphatic carbocycles. The van der Waals surface area contributed by atoms with Crippen molar-refractivity contribution in [2.45, 2.75) is 23.6 Å². The maximum atomic E-state index is 10.5. The molecule has 0 bridgehead atoms. The second-order valence-corrected chi connectivity index (χ2v) is 5.29. The van der Waals surface area contributed by atoms with E-state index < -0.39 is 5.60 Å². The van der Waals surface area contributed by atoms with Crippen molar-refractivity contribution in [1.82, 2.24) is 9.97 Å². The Kier molecular flexibility index (Phi) is 3.84. The van der Waals surface area contributed by atoms with E-state index in [0.717, 1.165) is 0 Å². The van der Waals surface area contributed by atoms with Gasteiger partial charge in [0, 0.05) is 26.1 Å². The number of hydrogen-bond donors (Lipinski definition) is 1. The first kappa shape index (κ1) is 12.3. The third kappa shape index (κ3) is 2.56. The first-order chi connectivity index (χ1) is 7.64. The van der Waals surface area contributed by atoms with Gasteiger partial charge in [-0.25, -0.2) is 9.97 Å². The Balaban J connectivity index is 2.34. The summed E-state index contributed by atoms with van der Waals surface area (Å²) < 4.78 is 5.96. The van der Waals surface area contributed by atoms with Gasteiger partial charge >= 0.3 is 0 Å². The Bertz CT molecular complexity index is 383. The average molecular weight is 305 g/mol. The molecule has 1 aromatic heterocycles. The van der Waals surface area contributed by atoms with Gasteiger partial charge < -0.3 is 9.84 Å². The standard InChI is InChI=1S/C10H13BrN2O2S/c1-16-9-12-7(6-8(11)13-9)10(14)2-4-15-5-3-10/h6,14H,2-5H2,1H3. The zero-order valence-electron chi connectivity index (χ0n) is 8.94. The normalized spacial score (nSPS) is 19.7. The fourth-order valence-electron chi connectivity index (χ4n) is 1.69. The van der Waals surface area contributed by atoms with Crippen molar-refractivity contribution in [1.29, 1.82) is 0 Å². The minimum Gasteiger partial charge on any atom is -0.383 e. The second kappa shape index (κ2) is 5.00. The molecule has 0 amide bonds. The fraction of sp³-hybridized carbons (Fsp3) is 0.600. The predicted molar refractivity (Wildman–Crippen MR) is 65.5 cm³/mol. The van der Waals surface area contributed by atoms with Gasteiger partial charge in [0.15, 0.2) is 5.16 Å². The van der Waals surface area contributed by atoms with Crippen molar-refractivity contribution in [3.63, 3.8) is 0 Å². The molecule has 0 aromatic carbocycles. The molecule has 1 fully saturated rings. The van der Waals surface area contributed by atoms with Gasteiger partial charge in [-0.05, 0) is 28.3 Å². The molecule has 0 atom stereocenters. The van der Waals surface area contributed by atoms with Crippen LogP contribution in [-0.4, -0.2) is 34.5 Å². The molecule has 2 heterocycles. The minimum atomic E-state index is -0.867. The quantitative estimate of drug-likeness (QED) is 0.514. The zero-order valence-corrected chi connectivity index (χ0v) is 11.3. The Morgan fingerprint density at radius 2 is 2.12 bits per heavy atom. The van der Waals surface area contributed by atoms with Crippen LogP contribution in [0, 0.1) is 0 Å². The SMILES string of the molecule is CSc1nc(Br)cc(C2(O)CCOCC2)n1. The highest BCUT2D eigenvalue weighted by molar-refractivity contribution is 9.10. The molecule has 1 saturated heterocycles. The molecule has 0 spiro atoms. The predicted octanol–water partition coefficient (Wildman–Crippen LogP) is 1.96. The lowest BCUT2D eigenvalue weighted by Crippen LogP contribution is -2.34. The molecule has 16 heavy (non-hydrogen) atoms. The largest absolute Gasteiger partial charge is 0.383 e. The molecule has 1 aliphatic rings. The van der Waals surface area contributed by atoms with Crippen LogP contribution in [0.1, 0.15) is 18.5 Å². The molecular formula is C10H13BrN2O2S. The Hall–Kier alpha value is -0.170. The van der Waals surface area contributed by atoms with Crippen LogP contribution >= 0.6 is 27.7 Å². The third-order valence-electron chi connectivity index (χ3n) is 2.65. The van der Waals surface area contributed by atoms with Crippen LogP contribution in [-0.2, 0) is 10.3 Å². The lowest BCUT2D eigenvalue weighted by atomic mass is 9.91. The highest BCUT2D eigenvalue weighted by Crippen LogP contribution is 2.32. The van der Waals surface area contributed by atoms with E-state index in [4.69, 9.17) is 4.74 Å². The Morgan fingerprint density at radius 3 is 2.75 bits per heavy atom. The molecular weight excluding hydrogens is 292 g/mol. The summed E-state index contributed by atoms with van der Waals surface area (Å²) in [7, 11) is 0. The summed E-state index contributed by atoms with van der Waals surface area (Å²) in [6, 6.07) is 1.78. The van der Waals surface area contributed by atoms with Crippen LogP contribution in [0.2, 0.25) is 0 Å². The van der Waals surface area contributed by atoms with Gasteiger partial charge in [0.25, 0.3) is 0 Å². The van der Waals surface area contributed by atoms with E-state index >= 15 is 0 Å². The van der Waals surface area contributed by atoms with E-state index in [1.54, 1.807) is 6.07 Å². The van der Waals surface area contributed by atoms with Crippen LogP contribution in [0.3, 0.4) is 0 Å². The molecule has 1 N–H and O–H groups in total. The number of aromatic nitrogens is 2. The highest BCUT2D eigenvalue weighted by atomic mass is 79.9.